The van der Waals surface area contributed by atoms with Gasteiger partial charge in [-0.2, -0.15) is 13.5 Å². The smallest absolute Gasteiger partial charge is 0.362 e. The molecule has 0 saturated carbocycles. The Morgan fingerprint density at radius 1 is 1.24 bits per heavy atom. The molecule has 20 nitrogen and oxygen atoms in total. The number of aliphatic imine (C=N–C) groups is 1. The highest BCUT2D eigenvalue weighted by Gasteiger charge is 2.54. The number of anilines is 1. The maximum Gasteiger partial charge on any atom is 0.362 e. The van der Waals surface area contributed by atoms with Gasteiger partial charge in [-0.05, 0) is 37.2 Å². The number of ether oxygens (including phenoxy) is 1. The number of thiazole rings is 1. The molecule has 3 atom stereocenters. The number of β-lactam (4-membered cyclic amide) rings is 1. The molecule has 1 fully saturated rings. The highest BCUT2D eigenvalue weighted by atomic mass is 32.2. The summed E-state index contributed by atoms with van der Waals surface area (Å²) in [4.78, 5) is 55.0. The number of nitrogens with two attached hydrogens (primary N) is 3. The minimum atomic E-state index is -4.98. The summed E-state index contributed by atoms with van der Waals surface area (Å²) in [5.41, 5.74) is 17.0. The van der Waals surface area contributed by atoms with E-state index < -0.39 is 58.6 Å². The van der Waals surface area contributed by atoms with Gasteiger partial charge < -0.3 is 37.2 Å². The number of nitrogens with one attached hydrogen (secondary N) is 1. The number of oxime groups is 1. The molecule has 3 aromatic rings. The van der Waals surface area contributed by atoms with E-state index in [-0.39, 0.29) is 27.4 Å². The van der Waals surface area contributed by atoms with Crippen LogP contribution in [0.15, 0.2) is 52.4 Å². The molecule has 3 heterocycles. The Kier molecular flexibility index (Phi) is 10.8. The molecule has 0 spiro atoms. The number of hydrogen-bond donors (Lipinski definition) is 6. The van der Waals surface area contributed by atoms with Crippen molar-refractivity contribution < 1.29 is 42.0 Å². The summed E-state index contributed by atoms with van der Waals surface area (Å²) in [5, 5.41) is 20.9. The molecule has 0 radical (unpaired) electrons. The Labute approximate surface area is 264 Å². The third-order valence-corrected chi connectivity index (χ3v) is 7.89. The highest BCUT2D eigenvalue weighted by Crippen LogP contribution is 2.25. The second-order valence-electron chi connectivity index (χ2n) is 9.44. The average Bonchev–Trinajstić information content (AvgIpc) is 3.68. The Bertz CT molecular complexity index is 1710. The van der Waals surface area contributed by atoms with Crippen LogP contribution in [0.5, 0.6) is 5.75 Å². The topological polar surface area (TPSA) is 306 Å². The number of aliphatic carboxylic acids is 1. The lowest BCUT2D eigenvalue weighted by atomic mass is 9.98. The fourth-order valence-electron chi connectivity index (χ4n) is 4.01. The molecule has 1 aromatic carbocycles. The molecular weight excluding hydrogens is 650 g/mol. The van der Waals surface area contributed by atoms with Crippen LogP contribution in [0.1, 0.15) is 17.7 Å². The number of aromatic nitrogens is 4. The van der Waals surface area contributed by atoms with Gasteiger partial charge in [0.25, 0.3) is 17.9 Å². The molecule has 1 aliphatic rings. The first-order chi connectivity index (χ1) is 21.9. The standard InChI is InChI=1S/C24H29N11O9S2/c25-6-1-7-29-20(26)13-2-4-14(5-3-13)43-9-17(23(38)39)44-33-18(15-10-45-24(27)31-15)21(36)32-19-16(8-34-12-28-11-30-34)35(22(19)37)46(40,41)42/h2-5,10-12,16-17,19H,1,6-9,25H2,(H2,26,29)(H2,27,31)(H,32,36)(H,38,39)(H,40,41,42)/t16-,17-,19-/m0/s1. The summed E-state index contributed by atoms with van der Waals surface area (Å²) < 4.78 is 40.0. The van der Waals surface area contributed by atoms with Crippen molar-refractivity contribution in [3.63, 3.8) is 0 Å². The van der Waals surface area contributed by atoms with Gasteiger partial charge in [-0.1, -0.05) is 5.16 Å². The SMILES string of the molecule is NCCCN=C(N)c1ccc(OC[C@H](ON=C(C(=O)N[C@@H]2C(=O)N(S(=O)(=O)O)[C@H]2Cn2cncn2)c2csc(N)n2)C(=O)O)cc1. The number of rotatable bonds is 16. The van der Waals surface area contributed by atoms with Crippen molar-refractivity contribution in [2.24, 2.45) is 21.6 Å². The second-order valence-corrected chi connectivity index (χ2v) is 11.6. The van der Waals surface area contributed by atoms with Gasteiger partial charge in [0, 0.05) is 17.5 Å². The summed E-state index contributed by atoms with van der Waals surface area (Å²) in [5.74, 6) is -3.15. The van der Waals surface area contributed by atoms with E-state index in [4.69, 9.17) is 26.8 Å². The van der Waals surface area contributed by atoms with Crippen molar-refractivity contribution in [1.82, 2.24) is 29.4 Å². The van der Waals surface area contributed by atoms with Crippen LogP contribution in [0, 0.1) is 0 Å². The van der Waals surface area contributed by atoms with Gasteiger partial charge in [-0.3, -0.25) is 23.8 Å². The van der Waals surface area contributed by atoms with Crippen molar-refractivity contribution in [1.29, 1.82) is 0 Å². The van der Waals surface area contributed by atoms with Crippen LogP contribution in [0.2, 0.25) is 0 Å². The van der Waals surface area contributed by atoms with E-state index in [1.807, 2.05) is 0 Å². The molecule has 22 heteroatoms. The van der Waals surface area contributed by atoms with Crippen molar-refractivity contribution in [2.45, 2.75) is 31.2 Å². The van der Waals surface area contributed by atoms with Gasteiger partial charge in [-0.25, -0.2) is 19.1 Å². The second kappa shape index (κ2) is 14.7. The first-order valence-corrected chi connectivity index (χ1v) is 15.5. The highest BCUT2D eigenvalue weighted by molar-refractivity contribution is 7.84. The first kappa shape index (κ1) is 33.7. The predicted molar refractivity (Wildman–Crippen MR) is 161 cm³/mol. The molecule has 2 aromatic heterocycles. The largest absolute Gasteiger partial charge is 0.489 e. The molecular formula is C24H29N11O9S2. The number of carbonyl (C=O) groups excluding carboxylic acids is 2. The molecule has 1 aliphatic heterocycles. The number of nitrogen functional groups attached to an aromatic ring is 1. The molecule has 1 saturated heterocycles. The Morgan fingerprint density at radius 2 is 1.98 bits per heavy atom. The van der Waals surface area contributed by atoms with E-state index in [9.17, 15) is 32.5 Å². The van der Waals surface area contributed by atoms with Crippen LogP contribution in [-0.2, 0) is 36.1 Å². The summed E-state index contributed by atoms with van der Waals surface area (Å²) >= 11 is 0.933. The molecule has 9 N–H and O–H groups in total. The zero-order valence-electron chi connectivity index (χ0n) is 23.7. The summed E-state index contributed by atoms with van der Waals surface area (Å²) in [7, 11) is -4.98. The van der Waals surface area contributed by atoms with Crippen LogP contribution in [0.3, 0.4) is 0 Å². The zero-order valence-corrected chi connectivity index (χ0v) is 25.4. The van der Waals surface area contributed by atoms with Crippen LogP contribution < -0.4 is 27.3 Å². The average molecular weight is 680 g/mol. The van der Waals surface area contributed by atoms with Gasteiger partial charge in [0.2, 0.25) is 0 Å². The Hall–Kier alpha value is -5.19. The number of nitrogens with zero attached hydrogens (tertiary/aromatic N) is 7. The summed E-state index contributed by atoms with van der Waals surface area (Å²) in [6.45, 7) is 0.133. The number of hydrogen-bond acceptors (Lipinski definition) is 15. The Morgan fingerprint density at radius 3 is 2.57 bits per heavy atom. The number of carboxylic acids is 1. The monoisotopic (exact) mass is 679 g/mol. The van der Waals surface area contributed by atoms with Gasteiger partial charge >= 0.3 is 16.3 Å². The fraction of sp³-hybridized carbons (Fsp3) is 0.333. The molecule has 246 valence electrons. The molecule has 0 unspecified atom stereocenters. The van der Waals surface area contributed by atoms with Crippen LogP contribution >= 0.6 is 11.3 Å². The lowest BCUT2D eigenvalue weighted by Crippen LogP contribution is -2.73. The number of amides is 2. The molecule has 0 bridgehead atoms. The van der Waals surface area contributed by atoms with Crippen molar-refractivity contribution in [3.8, 4) is 5.75 Å². The molecule has 46 heavy (non-hydrogen) atoms. The normalized spacial score (nSPS) is 17.7. The van der Waals surface area contributed by atoms with Gasteiger partial charge in [0.05, 0.1) is 12.6 Å². The van der Waals surface area contributed by atoms with Crippen molar-refractivity contribution >= 4 is 56.1 Å². The van der Waals surface area contributed by atoms with Crippen LogP contribution in [0.25, 0.3) is 0 Å². The van der Waals surface area contributed by atoms with Gasteiger partial charge in [0.1, 0.15) is 42.6 Å². The third-order valence-electron chi connectivity index (χ3n) is 6.27. The van der Waals surface area contributed by atoms with E-state index in [0.29, 0.717) is 30.9 Å². The third kappa shape index (κ3) is 8.29. The van der Waals surface area contributed by atoms with Crippen LogP contribution in [0.4, 0.5) is 5.13 Å². The van der Waals surface area contributed by atoms with E-state index in [1.54, 1.807) is 24.3 Å². The maximum absolute atomic E-state index is 13.3. The van der Waals surface area contributed by atoms with E-state index in [2.05, 4.69) is 30.5 Å². The van der Waals surface area contributed by atoms with E-state index >= 15 is 0 Å². The minimum Gasteiger partial charge on any atom is -0.489 e. The Balaban J connectivity index is 1.48. The lowest BCUT2D eigenvalue weighted by molar-refractivity contribution is -0.152. The first-order valence-electron chi connectivity index (χ1n) is 13.2. The van der Waals surface area contributed by atoms with Crippen LogP contribution in [-0.4, -0.2) is 109 Å². The van der Waals surface area contributed by atoms with Crippen molar-refractivity contribution in [2.75, 3.05) is 25.4 Å². The lowest BCUT2D eigenvalue weighted by Gasteiger charge is -2.43. The number of amidine groups is 1. The molecule has 0 aliphatic carbocycles. The van der Waals surface area contributed by atoms with Gasteiger partial charge in [-0.15, -0.1) is 11.3 Å². The quantitative estimate of drug-likeness (QED) is 0.0234. The predicted octanol–water partition coefficient (Wildman–Crippen LogP) is -2.18. The van der Waals surface area contributed by atoms with E-state index in [0.717, 1.165) is 17.7 Å². The van der Waals surface area contributed by atoms with Gasteiger partial charge in [0.15, 0.2) is 10.8 Å². The molecule has 4 rings (SSSR count). The summed E-state index contributed by atoms with van der Waals surface area (Å²) in [6.07, 6.45) is 1.35. The van der Waals surface area contributed by atoms with E-state index in [1.165, 1.54) is 16.4 Å². The number of carboxylic acid groups (broad SMARTS) is 1. The molecule has 2 amide bonds. The fourth-order valence-corrected chi connectivity index (χ4v) is 5.43. The summed E-state index contributed by atoms with van der Waals surface area (Å²) in [6, 6.07) is 3.57. The van der Waals surface area contributed by atoms with Crippen molar-refractivity contribution in [3.05, 3.63) is 53.6 Å². The maximum atomic E-state index is 13.3. The number of carbonyl (C=O) groups is 3. The zero-order chi connectivity index (χ0) is 33.4. The number of benzene rings is 1. The minimum absolute atomic E-state index is 0.0310.